The van der Waals surface area contributed by atoms with Crippen LogP contribution in [-0.2, 0) is 9.59 Å². The molecule has 1 aliphatic heterocycles. The molecule has 0 fully saturated rings. The quantitative estimate of drug-likeness (QED) is 0.445. The van der Waals surface area contributed by atoms with E-state index >= 15 is 0 Å². The largest absolute Gasteiger partial charge is 0.497 e. The zero-order valence-corrected chi connectivity index (χ0v) is 18.2. The Hall–Kier alpha value is -3.56. The molecule has 4 N–H and O–H groups in total. The van der Waals surface area contributed by atoms with Gasteiger partial charge in [-0.05, 0) is 36.4 Å². The molecule has 1 aliphatic rings. The molecule has 0 bridgehead atoms. The number of aromatic amines is 1. The maximum Gasteiger partial charge on any atom is 0.258 e. The lowest BCUT2D eigenvalue weighted by atomic mass is 9.92. The number of carbonyl (C=O) groups excluding carboxylic acids is 2. The van der Waals surface area contributed by atoms with E-state index in [1.54, 1.807) is 49.6 Å². The highest BCUT2D eigenvalue weighted by Gasteiger charge is 2.35. The van der Waals surface area contributed by atoms with Gasteiger partial charge in [-0.15, -0.1) is 0 Å². The summed E-state index contributed by atoms with van der Waals surface area (Å²) in [6.07, 6.45) is -0.215. The number of benzene rings is 2. The fraction of sp³-hybridized carbons (Fsp3) is 0.143. The maximum atomic E-state index is 12.9. The van der Waals surface area contributed by atoms with Gasteiger partial charge < -0.3 is 20.7 Å². The number of amides is 2. The van der Waals surface area contributed by atoms with Crippen LogP contribution in [0.5, 0.6) is 5.75 Å². The summed E-state index contributed by atoms with van der Waals surface area (Å²) in [6, 6.07) is 11.7. The zero-order chi connectivity index (χ0) is 22.8. The van der Waals surface area contributed by atoms with Crippen molar-refractivity contribution in [2.75, 3.05) is 23.1 Å². The van der Waals surface area contributed by atoms with E-state index in [1.165, 1.54) is 0 Å². The van der Waals surface area contributed by atoms with Gasteiger partial charge in [0.25, 0.3) is 5.56 Å². The van der Waals surface area contributed by atoms with Crippen LogP contribution in [-0.4, -0.2) is 28.9 Å². The summed E-state index contributed by atoms with van der Waals surface area (Å²) < 4.78 is 5.11. The molecule has 0 aliphatic carbocycles. The number of hydrogen-bond donors (Lipinski definition) is 4. The topological polar surface area (TPSA) is 125 Å². The first-order valence-electron chi connectivity index (χ1n) is 9.45. The number of ether oxygens (including phenoxy) is 1. The summed E-state index contributed by atoms with van der Waals surface area (Å²) in [6.45, 7) is 0. The number of hydrogen-bond acceptors (Lipinski definition) is 6. The van der Waals surface area contributed by atoms with Gasteiger partial charge in [0.2, 0.25) is 17.8 Å². The van der Waals surface area contributed by atoms with E-state index in [0.717, 1.165) is 0 Å². The smallest absolute Gasteiger partial charge is 0.258 e. The summed E-state index contributed by atoms with van der Waals surface area (Å²) in [4.78, 5) is 44.9. The average Bonchev–Trinajstić information content (AvgIpc) is 2.76. The molecule has 1 aromatic heterocycles. The molecule has 2 amide bonds. The van der Waals surface area contributed by atoms with Crippen molar-refractivity contribution in [2.24, 2.45) is 0 Å². The number of nitrogens with one attached hydrogen (secondary N) is 4. The summed E-state index contributed by atoms with van der Waals surface area (Å²) >= 11 is 12.1. The summed E-state index contributed by atoms with van der Waals surface area (Å²) in [5, 5.41) is 8.57. The molecule has 2 aromatic carbocycles. The van der Waals surface area contributed by atoms with Crippen LogP contribution >= 0.6 is 23.2 Å². The van der Waals surface area contributed by atoms with Gasteiger partial charge >= 0.3 is 0 Å². The molecule has 0 spiro atoms. The molecular formula is C21H17Cl2N5O4. The van der Waals surface area contributed by atoms with Gasteiger partial charge in [-0.2, -0.15) is 4.98 Å². The Morgan fingerprint density at radius 1 is 1.16 bits per heavy atom. The first kappa shape index (κ1) is 21.7. The number of H-pyrrole nitrogens is 1. The van der Waals surface area contributed by atoms with Crippen molar-refractivity contribution < 1.29 is 14.3 Å². The van der Waals surface area contributed by atoms with E-state index in [9.17, 15) is 14.4 Å². The Labute approximate surface area is 192 Å². The second-order valence-corrected chi connectivity index (χ2v) is 7.71. The van der Waals surface area contributed by atoms with Crippen molar-refractivity contribution in [2.45, 2.75) is 12.3 Å². The molecule has 1 atom stereocenters. The Kier molecular flexibility index (Phi) is 6.02. The molecule has 9 nitrogen and oxygen atoms in total. The summed E-state index contributed by atoms with van der Waals surface area (Å²) in [5.74, 6) is -1.28. The van der Waals surface area contributed by atoms with E-state index in [1.807, 2.05) is 0 Å². The lowest BCUT2D eigenvalue weighted by molar-refractivity contribution is -0.123. The SMILES string of the molecule is COc1ccc(Nc2nc3c(c(=O)[nH]2)[C@H](C(=O)Nc2cccc(Cl)c2Cl)CC(=O)N3)cc1. The molecule has 11 heteroatoms. The molecule has 4 rings (SSSR count). The molecular weight excluding hydrogens is 457 g/mol. The Morgan fingerprint density at radius 3 is 2.62 bits per heavy atom. The average molecular weight is 474 g/mol. The van der Waals surface area contributed by atoms with Crippen molar-refractivity contribution in [3.8, 4) is 5.75 Å². The minimum absolute atomic E-state index is 0.0124. The van der Waals surface area contributed by atoms with E-state index in [2.05, 4.69) is 25.9 Å². The van der Waals surface area contributed by atoms with Gasteiger partial charge in [-0.1, -0.05) is 29.3 Å². The highest BCUT2D eigenvalue weighted by molar-refractivity contribution is 6.44. The van der Waals surface area contributed by atoms with Crippen molar-refractivity contribution >= 4 is 58.2 Å². The molecule has 0 radical (unpaired) electrons. The third-order valence-electron chi connectivity index (χ3n) is 4.83. The van der Waals surface area contributed by atoms with Crippen LogP contribution in [0.3, 0.4) is 0 Å². The number of aromatic nitrogens is 2. The maximum absolute atomic E-state index is 12.9. The molecule has 164 valence electrons. The number of nitrogens with zero attached hydrogens (tertiary/aromatic N) is 1. The van der Waals surface area contributed by atoms with Crippen LogP contribution in [0.2, 0.25) is 10.0 Å². The van der Waals surface area contributed by atoms with E-state index in [0.29, 0.717) is 11.4 Å². The first-order valence-corrected chi connectivity index (χ1v) is 10.2. The van der Waals surface area contributed by atoms with Gasteiger partial charge in [-0.3, -0.25) is 19.4 Å². The van der Waals surface area contributed by atoms with E-state index in [4.69, 9.17) is 27.9 Å². The molecule has 0 unspecified atom stereocenters. The van der Waals surface area contributed by atoms with Crippen LogP contribution in [0, 0.1) is 0 Å². The third kappa shape index (κ3) is 4.39. The monoisotopic (exact) mass is 473 g/mol. The number of methoxy groups -OCH3 is 1. The predicted molar refractivity (Wildman–Crippen MR) is 122 cm³/mol. The predicted octanol–water partition coefficient (Wildman–Crippen LogP) is 3.89. The van der Waals surface area contributed by atoms with Gasteiger partial charge in [-0.25, -0.2) is 0 Å². The zero-order valence-electron chi connectivity index (χ0n) is 16.7. The first-order chi connectivity index (χ1) is 15.4. The van der Waals surface area contributed by atoms with Gasteiger partial charge in [0.05, 0.1) is 34.3 Å². The van der Waals surface area contributed by atoms with Crippen LogP contribution in [0.15, 0.2) is 47.3 Å². The fourth-order valence-electron chi connectivity index (χ4n) is 3.29. The number of carbonyl (C=O) groups is 2. The van der Waals surface area contributed by atoms with Crippen molar-refractivity contribution in [3.63, 3.8) is 0 Å². The Morgan fingerprint density at radius 2 is 1.91 bits per heavy atom. The van der Waals surface area contributed by atoms with Crippen LogP contribution < -0.4 is 26.2 Å². The van der Waals surface area contributed by atoms with Crippen molar-refractivity contribution in [1.29, 1.82) is 0 Å². The second-order valence-electron chi connectivity index (χ2n) is 6.93. The highest BCUT2D eigenvalue weighted by Crippen LogP contribution is 2.33. The third-order valence-corrected chi connectivity index (χ3v) is 5.65. The van der Waals surface area contributed by atoms with Crippen molar-refractivity contribution in [3.05, 3.63) is 68.4 Å². The Bertz CT molecular complexity index is 1260. The number of halogens is 2. The van der Waals surface area contributed by atoms with Gasteiger partial charge in [0, 0.05) is 12.1 Å². The number of anilines is 4. The van der Waals surface area contributed by atoms with Crippen LogP contribution in [0.25, 0.3) is 0 Å². The lowest BCUT2D eigenvalue weighted by Gasteiger charge is -2.24. The van der Waals surface area contributed by atoms with E-state index in [-0.39, 0.29) is 39.5 Å². The van der Waals surface area contributed by atoms with Gasteiger partial charge in [0.1, 0.15) is 11.6 Å². The van der Waals surface area contributed by atoms with Gasteiger partial charge in [0.15, 0.2) is 0 Å². The minimum atomic E-state index is -1.06. The summed E-state index contributed by atoms with van der Waals surface area (Å²) in [7, 11) is 1.56. The van der Waals surface area contributed by atoms with Crippen LogP contribution in [0.1, 0.15) is 17.9 Å². The van der Waals surface area contributed by atoms with E-state index < -0.39 is 23.3 Å². The van der Waals surface area contributed by atoms with Crippen molar-refractivity contribution in [1.82, 2.24) is 9.97 Å². The normalized spacial score (nSPS) is 14.8. The lowest BCUT2D eigenvalue weighted by Crippen LogP contribution is -2.36. The molecule has 0 saturated carbocycles. The highest BCUT2D eigenvalue weighted by atomic mass is 35.5. The summed E-state index contributed by atoms with van der Waals surface area (Å²) in [5.41, 5.74) is 0.420. The molecule has 2 heterocycles. The van der Waals surface area contributed by atoms with Crippen LogP contribution in [0.4, 0.5) is 23.1 Å². The second kappa shape index (κ2) is 8.89. The Balaban J connectivity index is 1.63. The standard InChI is InChI=1S/C21H17Cl2N5O4/c1-32-11-7-5-10(6-8-11)24-21-27-18-16(20(31)28-21)12(9-15(29)26-18)19(30)25-14-4-2-3-13(22)17(14)23/h2-8,12H,9H2,1H3,(H,25,30)(H3,24,26,27,28,29,31)/t12-/m1/s1. The minimum Gasteiger partial charge on any atom is -0.497 e. The molecule has 32 heavy (non-hydrogen) atoms. The number of fused-ring (bicyclic) bond motifs is 1. The fourth-order valence-corrected chi connectivity index (χ4v) is 3.63. The number of rotatable bonds is 5. The molecule has 3 aromatic rings. The molecule has 0 saturated heterocycles.